The number of hydrogen-bond acceptors (Lipinski definition) is 6. The van der Waals surface area contributed by atoms with Gasteiger partial charge in [0.15, 0.2) is 5.16 Å². The van der Waals surface area contributed by atoms with Gasteiger partial charge in [0, 0.05) is 11.4 Å². The van der Waals surface area contributed by atoms with Crippen LogP contribution in [-0.4, -0.2) is 28.3 Å². The van der Waals surface area contributed by atoms with E-state index in [0.717, 1.165) is 11.1 Å². The summed E-state index contributed by atoms with van der Waals surface area (Å²) in [5.41, 5.74) is 3.09. The Kier molecular flexibility index (Phi) is 6.04. The van der Waals surface area contributed by atoms with Crippen LogP contribution in [0.1, 0.15) is 36.5 Å². The number of H-pyrrole nitrogens is 1. The number of carbonyl (C=O) groups is 1. The zero-order chi connectivity index (χ0) is 20.3. The van der Waals surface area contributed by atoms with Crippen LogP contribution in [0, 0.1) is 6.92 Å². The third kappa shape index (κ3) is 3.75. The van der Waals surface area contributed by atoms with Gasteiger partial charge in [0.1, 0.15) is 5.82 Å². The molecule has 1 aromatic heterocycles. The van der Waals surface area contributed by atoms with Crippen LogP contribution in [0.5, 0.6) is 0 Å². The standard InChI is InChI=1S/C21H23N3O3S/c1-5-11-28-21-23-18-17(19(25)24-21)16(14-10-8-7-9-12(14)3)15(13(4)22-18)20(26)27-6-2/h5,7-10,16H,1,6,11H2,2-4H3,(H2,22,23,24,25)/t16-/m1/s1. The lowest BCUT2D eigenvalue weighted by atomic mass is 9.80. The molecular formula is C21H23N3O3S. The predicted octanol–water partition coefficient (Wildman–Crippen LogP) is 3.75. The largest absolute Gasteiger partial charge is 0.463 e. The van der Waals surface area contributed by atoms with Crippen LogP contribution in [0.3, 0.4) is 0 Å². The number of fused-ring (bicyclic) bond motifs is 1. The molecule has 1 aliphatic heterocycles. The lowest BCUT2D eigenvalue weighted by Crippen LogP contribution is -2.31. The number of hydrogen-bond donors (Lipinski definition) is 2. The number of nitrogens with zero attached hydrogens (tertiary/aromatic N) is 1. The van der Waals surface area contributed by atoms with E-state index in [1.807, 2.05) is 31.2 Å². The topological polar surface area (TPSA) is 84.1 Å². The van der Waals surface area contributed by atoms with Gasteiger partial charge in [-0.05, 0) is 31.9 Å². The second kappa shape index (κ2) is 8.48. The van der Waals surface area contributed by atoms with Gasteiger partial charge in [-0.1, -0.05) is 42.1 Å². The summed E-state index contributed by atoms with van der Waals surface area (Å²) in [4.78, 5) is 33.2. The van der Waals surface area contributed by atoms with E-state index in [1.165, 1.54) is 11.8 Å². The summed E-state index contributed by atoms with van der Waals surface area (Å²) in [6.45, 7) is 9.48. The van der Waals surface area contributed by atoms with Crippen molar-refractivity contribution in [3.8, 4) is 0 Å². The van der Waals surface area contributed by atoms with E-state index in [-0.39, 0.29) is 12.2 Å². The minimum absolute atomic E-state index is 0.259. The van der Waals surface area contributed by atoms with Gasteiger partial charge in [0.25, 0.3) is 5.56 Å². The quantitative estimate of drug-likeness (QED) is 0.334. The molecule has 2 N–H and O–H groups in total. The highest BCUT2D eigenvalue weighted by Gasteiger charge is 2.36. The number of aromatic nitrogens is 2. The number of allylic oxidation sites excluding steroid dienone is 1. The highest BCUT2D eigenvalue weighted by molar-refractivity contribution is 7.99. The average Bonchev–Trinajstić information content (AvgIpc) is 2.65. The maximum atomic E-state index is 13.0. The van der Waals surface area contributed by atoms with E-state index in [1.54, 1.807) is 19.9 Å². The Bertz CT molecular complexity index is 1010. The Labute approximate surface area is 168 Å². The Hall–Kier alpha value is -2.80. The Morgan fingerprint density at radius 3 is 2.79 bits per heavy atom. The maximum Gasteiger partial charge on any atom is 0.336 e. The fourth-order valence-corrected chi connectivity index (χ4v) is 3.93. The van der Waals surface area contributed by atoms with Crippen LogP contribution in [0.2, 0.25) is 0 Å². The van der Waals surface area contributed by atoms with Crippen LogP contribution < -0.4 is 10.9 Å². The summed E-state index contributed by atoms with van der Waals surface area (Å²) in [6, 6.07) is 7.73. The molecule has 1 aliphatic rings. The number of aromatic amines is 1. The number of aryl methyl sites for hydroxylation is 1. The second-order valence-electron chi connectivity index (χ2n) is 6.41. The van der Waals surface area contributed by atoms with E-state index >= 15 is 0 Å². The van der Waals surface area contributed by atoms with Gasteiger partial charge in [-0.3, -0.25) is 4.79 Å². The summed E-state index contributed by atoms with van der Waals surface area (Å²) in [7, 11) is 0. The van der Waals surface area contributed by atoms with Gasteiger partial charge in [0.05, 0.1) is 23.7 Å². The van der Waals surface area contributed by atoms with Gasteiger partial charge in [-0.2, -0.15) is 0 Å². The minimum atomic E-state index is -0.550. The Morgan fingerprint density at radius 2 is 2.11 bits per heavy atom. The molecule has 0 amide bonds. The number of benzene rings is 1. The van der Waals surface area contributed by atoms with Crippen molar-refractivity contribution in [3.63, 3.8) is 0 Å². The summed E-state index contributed by atoms with van der Waals surface area (Å²) in [5.74, 6) is 0.113. The lowest BCUT2D eigenvalue weighted by Gasteiger charge is -2.29. The summed E-state index contributed by atoms with van der Waals surface area (Å²) in [5, 5.41) is 3.64. The number of nitrogens with one attached hydrogen (secondary N) is 2. The van der Waals surface area contributed by atoms with Crippen molar-refractivity contribution >= 4 is 23.5 Å². The molecule has 0 aliphatic carbocycles. The van der Waals surface area contributed by atoms with E-state index in [2.05, 4.69) is 21.9 Å². The van der Waals surface area contributed by atoms with Crippen LogP contribution in [-0.2, 0) is 9.53 Å². The average molecular weight is 398 g/mol. The number of esters is 1. The van der Waals surface area contributed by atoms with Crippen LogP contribution in [0.15, 0.2) is 58.1 Å². The van der Waals surface area contributed by atoms with E-state index in [4.69, 9.17) is 4.74 Å². The molecular weight excluding hydrogens is 374 g/mol. The van der Waals surface area contributed by atoms with Gasteiger partial charge < -0.3 is 15.0 Å². The first-order valence-corrected chi connectivity index (χ1v) is 10.0. The van der Waals surface area contributed by atoms with Gasteiger partial charge in [0.2, 0.25) is 0 Å². The molecule has 0 saturated heterocycles. The smallest absolute Gasteiger partial charge is 0.336 e. The molecule has 0 spiro atoms. The minimum Gasteiger partial charge on any atom is -0.463 e. The number of carbonyl (C=O) groups excluding carboxylic acids is 1. The summed E-state index contributed by atoms with van der Waals surface area (Å²) < 4.78 is 5.29. The lowest BCUT2D eigenvalue weighted by molar-refractivity contribution is -0.138. The van der Waals surface area contributed by atoms with Crippen molar-refractivity contribution in [2.45, 2.75) is 31.8 Å². The van der Waals surface area contributed by atoms with E-state index in [9.17, 15) is 9.59 Å². The Balaban J connectivity index is 2.23. The summed E-state index contributed by atoms with van der Waals surface area (Å²) in [6.07, 6.45) is 1.75. The molecule has 2 heterocycles. The second-order valence-corrected chi connectivity index (χ2v) is 7.42. The molecule has 0 radical (unpaired) electrons. The predicted molar refractivity (Wildman–Crippen MR) is 112 cm³/mol. The van der Waals surface area contributed by atoms with Crippen molar-refractivity contribution in [1.29, 1.82) is 0 Å². The fourth-order valence-electron chi connectivity index (χ4n) is 3.34. The zero-order valence-corrected chi connectivity index (χ0v) is 17.0. The molecule has 28 heavy (non-hydrogen) atoms. The van der Waals surface area contributed by atoms with Crippen molar-refractivity contribution in [3.05, 3.63) is 75.2 Å². The summed E-state index contributed by atoms with van der Waals surface area (Å²) >= 11 is 1.39. The molecule has 1 atom stereocenters. The van der Waals surface area contributed by atoms with Crippen molar-refractivity contribution < 1.29 is 9.53 Å². The normalized spacial score (nSPS) is 15.6. The molecule has 0 saturated carbocycles. The molecule has 0 unspecified atom stereocenters. The SMILES string of the molecule is C=CCSc1nc2c(c(=O)[nH]1)[C@H](c1ccccc1C)C(C(=O)OCC)=C(C)N2. The first-order chi connectivity index (χ1) is 13.5. The van der Waals surface area contributed by atoms with Crippen LogP contribution in [0.25, 0.3) is 0 Å². The highest BCUT2D eigenvalue weighted by atomic mass is 32.2. The number of rotatable bonds is 6. The molecule has 146 valence electrons. The van der Waals surface area contributed by atoms with Gasteiger partial charge >= 0.3 is 5.97 Å². The third-order valence-electron chi connectivity index (χ3n) is 4.55. The first-order valence-electron chi connectivity index (χ1n) is 9.06. The van der Waals surface area contributed by atoms with Crippen molar-refractivity contribution in [2.75, 3.05) is 17.7 Å². The molecule has 3 rings (SSSR count). The van der Waals surface area contributed by atoms with Gasteiger partial charge in [-0.25, -0.2) is 9.78 Å². The van der Waals surface area contributed by atoms with Crippen LogP contribution >= 0.6 is 11.8 Å². The van der Waals surface area contributed by atoms with Crippen molar-refractivity contribution in [1.82, 2.24) is 9.97 Å². The highest BCUT2D eigenvalue weighted by Crippen LogP contribution is 2.41. The Morgan fingerprint density at radius 1 is 1.36 bits per heavy atom. The van der Waals surface area contributed by atoms with Crippen LogP contribution in [0.4, 0.5) is 5.82 Å². The van der Waals surface area contributed by atoms with Gasteiger partial charge in [-0.15, -0.1) is 6.58 Å². The maximum absolute atomic E-state index is 13.0. The van der Waals surface area contributed by atoms with E-state index in [0.29, 0.717) is 33.6 Å². The zero-order valence-electron chi connectivity index (χ0n) is 16.2. The van der Waals surface area contributed by atoms with Crippen molar-refractivity contribution in [2.24, 2.45) is 0 Å². The molecule has 1 aromatic carbocycles. The number of anilines is 1. The monoisotopic (exact) mass is 397 g/mol. The number of ether oxygens (including phenoxy) is 1. The van der Waals surface area contributed by atoms with E-state index < -0.39 is 11.9 Å². The first kappa shape index (κ1) is 19.9. The molecule has 2 aromatic rings. The number of thioether (sulfide) groups is 1. The fraction of sp³-hybridized carbons (Fsp3) is 0.286. The molecule has 0 bridgehead atoms. The third-order valence-corrected chi connectivity index (χ3v) is 5.42. The molecule has 0 fully saturated rings. The molecule has 6 nitrogen and oxygen atoms in total. The molecule has 7 heteroatoms.